The monoisotopic (exact) mass is 408 g/mol. The number of carbonyl (C=O) groups excluding carboxylic acids is 2. The lowest BCUT2D eigenvalue weighted by molar-refractivity contribution is -0.138. The minimum atomic E-state index is -0.950. The molecule has 0 fully saturated rings. The number of rotatable bonds is 6. The zero-order valence-corrected chi connectivity index (χ0v) is 16.7. The number of anilines is 1. The molecule has 30 heavy (non-hydrogen) atoms. The van der Waals surface area contributed by atoms with Crippen LogP contribution in [0.1, 0.15) is 39.9 Å². The Morgan fingerprint density at radius 1 is 1.10 bits per heavy atom. The minimum absolute atomic E-state index is 0.0386. The van der Waals surface area contributed by atoms with Gasteiger partial charge in [-0.3, -0.25) is 19.8 Å². The maximum atomic E-state index is 13.0. The number of hydrogen-bond acceptors (Lipinski definition) is 4. The molecule has 8 heteroatoms. The van der Waals surface area contributed by atoms with Crippen LogP contribution in [-0.2, 0) is 22.6 Å². The van der Waals surface area contributed by atoms with E-state index in [1.54, 1.807) is 48.3 Å². The van der Waals surface area contributed by atoms with E-state index in [1.165, 1.54) is 4.90 Å². The van der Waals surface area contributed by atoms with Gasteiger partial charge in [-0.25, -0.2) is 0 Å². The second-order valence-corrected chi connectivity index (χ2v) is 7.27. The van der Waals surface area contributed by atoms with Crippen LogP contribution in [0.5, 0.6) is 0 Å². The van der Waals surface area contributed by atoms with Crippen molar-refractivity contribution < 1.29 is 19.5 Å². The number of nitrogens with one attached hydrogen (secondary N) is 1. The second kappa shape index (κ2) is 8.77. The highest BCUT2D eigenvalue weighted by Crippen LogP contribution is 2.23. The van der Waals surface area contributed by atoms with Crippen LogP contribution in [0.2, 0.25) is 0 Å². The van der Waals surface area contributed by atoms with Gasteiger partial charge in [-0.1, -0.05) is 6.07 Å². The van der Waals surface area contributed by atoms with E-state index < -0.39 is 5.97 Å². The van der Waals surface area contributed by atoms with Crippen molar-refractivity contribution in [2.45, 2.75) is 25.8 Å². The van der Waals surface area contributed by atoms with E-state index in [0.717, 1.165) is 11.1 Å². The van der Waals surface area contributed by atoms with Crippen molar-refractivity contribution in [2.24, 2.45) is 5.73 Å². The normalized spacial score (nSPS) is 13.4. The Bertz CT molecular complexity index is 1000. The van der Waals surface area contributed by atoms with Crippen molar-refractivity contribution in [1.82, 2.24) is 4.90 Å². The van der Waals surface area contributed by atoms with Crippen LogP contribution in [0.15, 0.2) is 42.5 Å². The standard InChI is InChI=1S/C22H24N4O4/c1-25(18-7-4-15(5-8-18)21(23)24)22(30)16-3-2-14-6-9-19(27)26(11-10-20(28)29)13-17(14)12-16/h2-5,7-8,12H,6,9-11,13H2,1H3,(H3,23,24)(H,28,29). The Morgan fingerprint density at radius 2 is 1.77 bits per heavy atom. The molecule has 0 aliphatic carbocycles. The summed E-state index contributed by atoms with van der Waals surface area (Å²) in [5, 5.41) is 16.4. The van der Waals surface area contributed by atoms with E-state index in [9.17, 15) is 14.4 Å². The van der Waals surface area contributed by atoms with E-state index in [0.29, 0.717) is 36.2 Å². The fraction of sp³-hybridized carbons (Fsp3) is 0.273. The van der Waals surface area contributed by atoms with Crippen LogP contribution < -0.4 is 10.6 Å². The first-order valence-corrected chi connectivity index (χ1v) is 9.60. The summed E-state index contributed by atoms with van der Waals surface area (Å²) in [7, 11) is 1.67. The number of amidine groups is 1. The Morgan fingerprint density at radius 3 is 2.40 bits per heavy atom. The zero-order valence-electron chi connectivity index (χ0n) is 16.7. The van der Waals surface area contributed by atoms with Gasteiger partial charge < -0.3 is 20.6 Å². The van der Waals surface area contributed by atoms with Gasteiger partial charge in [0.25, 0.3) is 5.91 Å². The van der Waals surface area contributed by atoms with Crippen molar-refractivity contribution in [2.75, 3.05) is 18.5 Å². The predicted molar refractivity (Wildman–Crippen MR) is 113 cm³/mol. The molecule has 0 atom stereocenters. The Hall–Kier alpha value is -3.68. The summed E-state index contributed by atoms with van der Waals surface area (Å²) in [6.45, 7) is 0.438. The number of carboxylic acid groups (broad SMARTS) is 1. The van der Waals surface area contributed by atoms with Crippen molar-refractivity contribution in [1.29, 1.82) is 5.41 Å². The summed E-state index contributed by atoms with van der Waals surface area (Å²) in [5.74, 6) is -1.28. The number of nitrogen functional groups attached to an aromatic ring is 1. The highest BCUT2D eigenvalue weighted by atomic mass is 16.4. The van der Waals surface area contributed by atoms with E-state index >= 15 is 0 Å². The fourth-order valence-corrected chi connectivity index (χ4v) is 3.45. The van der Waals surface area contributed by atoms with E-state index in [-0.39, 0.29) is 30.6 Å². The molecular weight excluding hydrogens is 384 g/mol. The molecule has 0 unspecified atom stereocenters. The number of carboxylic acids is 1. The Labute approximate surface area is 174 Å². The van der Waals surface area contributed by atoms with Crippen LogP contribution in [0.4, 0.5) is 5.69 Å². The third-order valence-electron chi connectivity index (χ3n) is 5.24. The molecule has 2 aromatic rings. The highest BCUT2D eigenvalue weighted by molar-refractivity contribution is 6.06. The molecule has 1 aliphatic rings. The Kier molecular flexibility index (Phi) is 6.15. The largest absolute Gasteiger partial charge is 0.481 e. The maximum Gasteiger partial charge on any atom is 0.305 e. The molecule has 4 N–H and O–H groups in total. The molecule has 0 bridgehead atoms. The molecule has 0 aromatic heterocycles. The number of amides is 2. The molecule has 0 saturated heterocycles. The summed E-state index contributed by atoms with van der Waals surface area (Å²) in [6.07, 6.45) is 0.773. The highest BCUT2D eigenvalue weighted by Gasteiger charge is 2.23. The number of nitrogens with two attached hydrogens (primary N) is 1. The van der Waals surface area contributed by atoms with Gasteiger partial charge in [-0.05, 0) is 53.9 Å². The minimum Gasteiger partial charge on any atom is -0.481 e. The molecule has 0 spiro atoms. The molecule has 0 saturated carbocycles. The molecular formula is C22H24N4O4. The van der Waals surface area contributed by atoms with Gasteiger partial charge >= 0.3 is 5.97 Å². The number of aryl methyl sites for hydroxylation is 1. The maximum absolute atomic E-state index is 13.0. The van der Waals surface area contributed by atoms with Crippen LogP contribution in [0.25, 0.3) is 0 Å². The molecule has 8 nitrogen and oxygen atoms in total. The van der Waals surface area contributed by atoms with E-state index in [1.807, 2.05) is 6.07 Å². The average molecular weight is 408 g/mol. The van der Waals surface area contributed by atoms with Gasteiger partial charge in [-0.2, -0.15) is 0 Å². The number of aliphatic carboxylic acids is 1. The van der Waals surface area contributed by atoms with Gasteiger partial charge in [0.05, 0.1) is 6.42 Å². The third kappa shape index (κ3) is 4.65. The summed E-state index contributed by atoms with van der Waals surface area (Å²) in [6, 6.07) is 12.2. The summed E-state index contributed by atoms with van der Waals surface area (Å²) in [4.78, 5) is 39.2. The van der Waals surface area contributed by atoms with Crippen molar-refractivity contribution in [3.63, 3.8) is 0 Å². The van der Waals surface area contributed by atoms with Gasteiger partial charge in [0.15, 0.2) is 0 Å². The van der Waals surface area contributed by atoms with E-state index in [2.05, 4.69) is 0 Å². The van der Waals surface area contributed by atoms with Gasteiger partial charge in [0.2, 0.25) is 5.91 Å². The van der Waals surface area contributed by atoms with Crippen LogP contribution in [0.3, 0.4) is 0 Å². The van der Waals surface area contributed by atoms with Crippen LogP contribution in [0, 0.1) is 5.41 Å². The number of carbonyl (C=O) groups is 3. The van der Waals surface area contributed by atoms with Crippen molar-refractivity contribution >= 4 is 29.3 Å². The first-order chi connectivity index (χ1) is 14.3. The number of fused-ring (bicyclic) bond motifs is 1. The molecule has 1 heterocycles. The summed E-state index contributed by atoms with van der Waals surface area (Å²) in [5.41, 5.74) is 9.05. The van der Waals surface area contributed by atoms with Gasteiger partial charge in [-0.15, -0.1) is 0 Å². The van der Waals surface area contributed by atoms with Gasteiger partial charge in [0, 0.05) is 43.4 Å². The zero-order chi connectivity index (χ0) is 21.8. The lowest BCUT2D eigenvalue weighted by atomic mass is 10.0. The molecule has 3 rings (SSSR count). The smallest absolute Gasteiger partial charge is 0.305 e. The number of benzene rings is 2. The summed E-state index contributed by atoms with van der Waals surface area (Å²) >= 11 is 0. The second-order valence-electron chi connectivity index (χ2n) is 7.27. The SMILES string of the molecule is CN(C(=O)c1ccc2c(c1)CN(CCC(=O)O)C(=O)CC2)c1ccc(C(=N)N)cc1. The first kappa shape index (κ1) is 21.0. The quantitative estimate of drug-likeness (QED) is 0.497. The molecule has 156 valence electrons. The summed E-state index contributed by atoms with van der Waals surface area (Å²) < 4.78 is 0. The lowest BCUT2D eigenvalue weighted by Gasteiger charge is -2.21. The number of nitrogens with zero attached hydrogens (tertiary/aromatic N) is 2. The van der Waals surface area contributed by atoms with E-state index in [4.69, 9.17) is 16.2 Å². The molecule has 2 aromatic carbocycles. The Balaban J connectivity index is 1.81. The number of hydrogen-bond donors (Lipinski definition) is 3. The van der Waals surface area contributed by atoms with Gasteiger partial charge in [0.1, 0.15) is 5.84 Å². The predicted octanol–water partition coefficient (Wildman–Crippen LogP) is 2.00. The van der Waals surface area contributed by atoms with Crippen molar-refractivity contribution in [3.8, 4) is 0 Å². The fourth-order valence-electron chi connectivity index (χ4n) is 3.45. The lowest BCUT2D eigenvalue weighted by Crippen LogP contribution is -2.31. The molecule has 1 aliphatic heterocycles. The van der Waals surface area contributed by atoms with Crippen LogP contribution >= 0.6 is 0 Å². The first-order valence-electron chi connectivity index (χ1n) is 9.60. The van der Waals surface area contributed by atoms with Crippen LogP contribution in [-0.4, -0.2) is 47.2 Å². The molecule has 0 radical (unpaired) electrons. The third-order valence-corrected chi connectivity index (χ3v) is 5.24. The topological polar surface area (TPSA) is 128 Å². The average Bonchev–Trinajstić information content (AvgIpc) is 2.89. The molecule has 2 amide bonds. The van der Waals surface area contributed by atoms with Crippen molar-refractivity contribution in [3.05, 3.63) is 64.7 Å².